The summed E-state index contributed by atoms with van der Waals surface area (Å²) in [6.07, 6.45) is 1.35. The predicted octanol–water partition coefficient (Wildman–Crippen LogP) is 4.25. The topological polar surface area (TPSA) is 124 Å². The van der Waals surface area contributed by atoms with Gasteiger partial charge in [0.05, 0.1) is 36.1 Å². The molecule has 2 unspecified atom stereocenters. The van der Waals surface area contributed by atoms with Gasteiger partial charge in [0.2, 0.25) is 5.88 Å². The summed E-state index contributed by atoms with van der Waals surface area (Å²) in [5.74, 6) is -0.823. The number of anilines is 2. The minimum Gasteiger partial charge on any atom is -0.472 e. The molecular weight excluding hydrogens is 632 g/mol. The summed E-state index contributed by atoms with van der Waals surface area (Å²) >= 11 is 0. The van der Waals surface area contributed by atoms with E-state index < -0.39 is 34.9 Å². The van der Waals surface area contributed by atoms with Crippen LogP contribution in [0.25, 0.3) is 22.2 Å². The van der Waals surface area contributed by atoms with Gasteiger partial charge in [-0.05, 0) is 58.4 Å². The molecule has 5 aliphatic heterocycles. The molecule has 3 N–H and O–H groups in total. The van der Waals surface area contributed by atoms with Crippen LogP contribution in [0.4, 0.5) is 29.2 Å². The number of piperazine rings is 1. The Morgan fingerprint density at radius 3 is 2.56 bits per heavy atom. The summed E-state index contributed by atoms with van der Waals surface area (Å²) in [7, 11) is 0. The third kappa shape index (κ3) is 5.02. The number of pyridine rings is 2. The first-order chi connectivity index (χ1) is 22.9. The van der Waals surface area contributed by atoms with E-state index in [1.54, 1.807) is 0 Å². The van der Waals surface area contributed by atoms with Crippen LogP contribution in [-0.4, -0.2) is 94.1 Å². The van der Waals surface area contributed by atoms with E-state index in [9.17, 15) is 13.2 Å². The molecule has 6 atom stereocenters. The number of nitrogens with one attached hydrogen (secondary N) is 1. The van der Waals surface area contributed by atoms with E-state index in [-0.39, 0.29) is 70.1 Å². The summed E-state index contributed by atoms with van der Waals surface area (Å²) in [6, 6.07) is 1.10. The monoisotopic (exact) mass is 670 g/mol. The second kappa shape index (κ2) is 10.7. The lowest BCUT2D eigenvalue weighted by molar-refractivity contribution is -0.137. The average Bonchev–Trinajstić information content (AvgIpc) is 3.59. The summed E-state index contributed by atoms with van der Waals surface area (Å²) in [5, 5.41) is 3.88. The van der Waals surface area contributed by atoms with Crippen molar-refractivity contribution in [3.05, 3.63) is 23.1 Å². The lowest BCUT2D eigenvalue weighted by Gasteiger charge is -2.42. The molecule has 3 aromatic rings. The van der Waals surface area contributed by atoms with Gasteiger partial charge in [0.25, 0.3) is 0 Å². The summed E-state index contributed by atoms with van der Waals surface area (Å²) in [4.78, 5) is 22.3. The number of aryl methyl sites for hydroxylation is 1. The van der Waals surface area contributed by atoms with Gasteiger partial charge in [0.15, 0.2) is 5.82 Å². The van der Waals surface area contributed by atoms with Gasteiger partial charge < -0.3 is 30.2 Å². The standard InChI is InChI=1S/C33H38F4N8O3/c1-15-24(33(35,36)37)20(9-22(38)39-15)26-25(34)27-23-29(45-10-17-3-6-21(40-17)28(45)16(2)47-30(23)41-26)43-31(42-27)46-14-32(7-8-32)13-44-11-18-4-5-19(12-44)48-18/h9,16-19,21,28,40H,3-8,10-14H2,1-2H3,(H2,38,39)/t16-,17+,18?,19?,21-,28+/m0/s1. The highest BCUT2D eigenvalue weighted by Crippen LogP contribution is 2.49. The molecule has 15 heteroatoms. The lowest BCUT2D eigenvalue weighted by Crippen LogP contribution is -2.62. The van der Waals surface area contributed by atoms with Gasteiger partial charge in [0, 0.05) is 49.2 Å². The van der Waals surface area contributed by atoms with Crippen molar-refractivity contribution in [3.8, 4) is 23.1 Å². The first kappa shape index (κ1) is 30.5. The number of alkyl halides is 3. The highest BCUT2D eigenvalue weighted by Gasteiger charge is 2.49. The quantitative estimate of drug-likeness (QED) is 0.366. The number of hydrogen-bond acceptors (Lipinski definition) is 11. The van der Waals surface area contributed by atoms with Gasteiger partial charge >= 0.3 is 12.2 Å². The van der Waals surface area contributed by atoms with Crippen LogP contribution in [0, 0.1) is 18.2 Å². The van der Waals surface area contributed by atoms with Crippen LogP contribution in [0.2, 0.25) is 0 Å². The number of nitrogens with two attached hydrogens (primary N) is 1. The molecule has 1 saturated carbocycles. The van der Waals surface area contributed by atoms with E-state index in [1.807, 2.05) is 6.92 Å². The molecule has 0 aromatic carbocycles. The maximum absolute atomic E-state index is 16.8. The molecule has 1 aliphatic carbocycles. The summed E-state index contributed by atoms with van der Waals surface area (Å²) < 4.78 is 78.8. The van der Waals surface area contributed by atoms with Gasteiger partial charge in [-0.2, -0.15) is 23.1 Å². The van der Waals surface area contributed by atoms with Gasteiger partial charge in [-0.1, -0.05) is 0 Å². The zero-order chi connectivity index (χ0) is 33.1. The Hall–Kier alpha value is -3.56. The molecule has 0 amide bonds. The van der Waals surface area contributed by atoms with Gasteiger partial charge in [0.1, 0.15) is 34.3 Å². The minimum atomic E-state index is -4.85. The van der Waals surface area contributed by atoms with Crippen molar-refractivity contribution in [2.45, 2.75) is 95.0 Å². The maximum Gasteiger partial charge on any atom is 0.418 e. The number of nitrogen functional groups attached to an aromatic ring is 1. The molecule has 3 aromatic heterocycles. The van der Waals surface area contributed by atoms with Crippen molar-refractivity contribution in [2.24, 2.45) is 5.41 Å². The predicted molar refractivity (Wildman–Crippen MR) is 167 cm³/mol. The molecular formula is C33H38F4N8O3. The minimum absolute atomic E-state index is 0.0199. The Morgan fingerprint density at radius 1 is 1.06 bits per heavy atom. The highest BCUT2D eigenvalue weighted by molar-refractivity contribution is 5.97. The maximum atomic E-state index is 16.8. The van der Waals surface area contributed by atoms with Crippen molar-refractivity contribution >= 4 is 22.5 Å². The zero-order valence-electron chi connectivity index (χ0n) is 26.8. The van der Waals surface area contributed by atoms with Crippen LogP contribution in [-0.2, 0) is 10.9 Å². The van der Waals surface area contributed by atoms with Gasteiger partial charge in [-0.15, -0.1) is 0 Å². The van der Waals surface area contributed by atoms with Crippen LogP contribution in [0.5, 0.6) is 11.9 Å². The van der Waals surface area contributed by atoms with Gasteiger partial charge in [-0.25, -0.2) is 14.4 Å². The molecule has 5 fully saturated rings. The number of aromatic nitrogens is 4. The normalized spacial score (nSPS) is 30.2. The molecule has 4 bridgehead atoms. The molecule has 48 heavy (non-hydrogen) atoms. The van der Waals surface area contributed by atoms with Crippen LogP contribution >= 0.6 is 0 Å². The Bertz CT molecular complexity index is 1790. The molecule has 0 radical (unpaired) electrons. The van der Waals surface area contributed by atoms with Crippen molar-refractivity contribution in [1.29, 1.82) is 0 Å². The molecule has 9 rings (SSSR count). The smallest absolute Gasteiger partial charge is 0.418 e. The number of rotatable bonds is 6. The number of morpholine rings is 1. The van der Waals surface area contributed by atoms with E-state index >= 15 is 4.39 Å². The second-order valence-electron chi connectivity index (χ2n) is 14.6. The first-order valence-corrected chi connectivity index (χ1v) is 16.9. The molecule has 256 valence electrons. The van der Waals surface area contributed by atoms with E-state index in [4.69, 9.17) is 24.9 Å². The van der Waals surface area contributed by atoms with Crippen LogP contribution in [0.3, 0.4) is 0 Å². The summed E-state index contributed by atoms with van der Waals surface area (Å²) in [6.45, 7) is 6.72. The number of likely N-dealkylation sites (tertiary alicyclic amines) is 1. The number of ether oxygens (including phenoxy) is 3. The Labute approximate surface area is 274 Å². The van der Waals surface area contributed by atoms with E-state index in [2.05, 4.69) is 30.1 Å². The molecule has 4 saturated heterocycles. The Kier molecular flexibility index (Phi) is 6.81. The first-order valence-electron chi connectivity index (χ1n) is 16.9. The number of halogens is 4. The largest absolute Gasteiger partial charge is 0.472 e. The third-order valence-corrected chi connectivity index (χ3v) is 11.1. The molecule has 0 spiro atoms. The number of hydrogen-bond donors (Lipinski definition) is 2. The van der Waals surface area contributed by atoms with E-state index in [0.717, 1.165) is 64.2 Å². The van der Waals surface area contributed by atoms with Crippen LogP contribution in [0.1, 0.15) is 56.7 Å². The fourth-order valence-corrected chi connectivity index (χ4v) is 8.82. The average molecular weight is 671 g/mol. The molecule has 11 nitrogen and oxygen atoms in total. The van der Waals surface area contributed by atoms with Crippen molar-refractivity contribution < 1.29 is 31.8 Å². The van der Waals surface area contributed by atoms with E-state index in [1.165, 1.54) is 6.92 Å². The fourth-order valence-electron chi connectivity index (χ4n) is 8.82. The number of nitrogens with zero attached hydrogens (tertiary/aromatic N) is 6. The Balaban J connectivity index is 1.15. The summed E-state index contributed by atoms with van der Waals surface area (Å²) in [5.41, 5.74) is 3.04. The van der Waals surface area contributed by atoms with Gasteiger partial charge in [-0.3, -0.25) is 4.90 Å². The lowest BCUT2D eigenvalue weighted by atomic mass is 9.99. The Morgan fingerprint density at radius 2 is 1.83 bits per heavy atom. The zero-order valence-corrected chi connectivity index (χ0v) is 26.8. The highest BCUT2D eigenvalue weighted by atomic mass is 19.4. The van der Waals surface area contributed by atoms with Crippen molar-refractivity contribution in [3.63, 3.8) is 0 Å². The SMILES string of the molecule is Cc1nc(N)cc(-c2nc3c4c(nc(OCC5(CN6CC7CCC(C6)O7)CC5)nc4c2F)N2C[C@H]4CC[C@H](N4)[C@H]2[C@H](C)O3)c1C(F)(F)F. The second-order valence-corrected chi connectivity index (χ2v) is 14.6. The van der Waals surface area contributed by atoms with Crippen molar-refractivity contribution in [1.82, 2.24) is 30.2 Å². The van der Waals surface area contributed by atoms with Crippen LogP contribution < -0.4 is 25.4 Å². The van der Waals surface area contributed by atoms with Crippen molar-refractivity contribution in [2.75, 3.05) is 43.4 Å². The van der Waals surface area contributed by atoms with E-state index in [0.29, 0.717) is 19.0 Å². The fraction of sp³-hybridized carbons (Fsp3) is 0.636. The molecule has 6 aliphatic rings. The molecule has 8 heterocycles. The third-order valence-electron chi connectivity index (χ3n) is 11.1. The number of fused-ring (bicyclic) bond motifs is 7. The van der Waals surface area contributed by atoms with Crippen LogP contribution in [0.15, 0.2) is 6.07 Å².